The second-order valence-corrected chi connectivity index (χ2v) is 9.75. The third-order valence-electron chi connectivity index (χ3n) is 6.41. The van der Waals surface area contributed by atoms with Crippen molar-refractivity contribution in [1.29, 1.82) is 0 Å². The number of rotatable bonds is 6. The molecule has 218 valence electrons. The van der Waals surface area contributed by atoms with E-state index in [-0.39, 0.29) is 29.2 Å². The van der Waals surface area contributed by atoms with Gasteiger partial charge in [-0.2, -0.15) is 0 Å². The Bertz CT molecular complexity index is 1570. The number of fused-ring (bicyclic) bond motifs is 2. The molecule has 0 saturated carbocycles. The molecule has 0 bridgehead atoms. The van der Waals surface area contributed by atoms with Gasteiger partial charge >= 0.3 is 0 Å². The average Bonchev–Trinajstić information content (AvgIpc) is 2.93. The van der Waals surface area contributed by atoms with Crippen LogP contribution in [0, 0.1) is 0 Å². The van der Waals surface area contributed by atoms with Crippen LogP contribution in [0.3, 0.4) is 0 Å². The van der Waals surface area contributed by atoms with Gasteiger partial charge in [-0.1, -0.05) is 18.2 Å². The van der Waals surface area contributed by atoms with Crippen LogP contribution in [0.25, 0.3) is 6.08 Å². The first-order valence-electron chi connectivity index (χ1n) is 13.0. The van der Waals surface area contributed by atoms with E-state index >= 15 is 0 Å². The standard InChI is InChI=1S/C30H29N3O9/c1-15(34)31-11-10-18-4-8-23-25(12-18)39-28(30(41-23)33-17(3)36)20-6-9-24-26(14-20)40-27(29(42-24)32-16(2)35)19-5-7-21(37)22(38)13-19/h4-14,27-30,37-38H,1-3H3,(H,31,34)(H,32,35)(H,33,36)/b11-10+. The highest BCUT2D eigenvalue weighted by atomic mass is 16.6. The zero-order valence-electron chi connectivity index (χ0n) is 22.9. The van der Waals surface area contributed by atoms with Crippen LogP contribution in [0.15, 0.2) is 60.8 Å². The number of nitrogens with one attached hydrogen (secondary N) is 3. The first-order valence-corrected chi connectivity index (χ1v) is 13.0. The molecule has 3 amide bonds. The predicted molar refractivity (Wildman–Crippen MR) is 149 cm³/mol. The lowest BCUT2D eigenvalue weighted by Gasteiger charge is -2.36. The molecule has 0 saturated heterocycles. The number of phenols is 2. The Hall–Kier alpha value is -5.39. The molecule has 42 heavy (non-hydrogen) atoms. The third kappa shape index (κ3) is 6.17. The van der Waals surface area contributed by atoms with Gasteiger partial charge in [0.25, 0.3) is 0 Å². The van der Waals surface area contributed by atoms with Crippen molar-refractivity contribution in [2.45, 2.75) is 45.4 Å². The molecule has 2 aliphatic rings. The fourth-order valence-corrected chi connectivity index (χ4v) is 4.57. The number of carbonyl (C=O) groups excluding carboxylic acids is 3. The Labute approximate surface area is 240 Å². The molecular weight excluding hydrogens is 546 g/mol. The maximum absolute atomic E-state index is 12.0. The lowest BCUT2D eigenvalue weighted by atomic mass is 10.0. The van der Waals surface area contributed by atoms with Crippen molar-refractivity contribution in [2.75, 3.05) is 0 Å². The number of carbonyl (C=O) groups is 3. The van der Waals surface area contributed by atoms with E-state index < -0.39 is 24.7 Å². The van der Waals surface area contributed by atoms with Gasteiger partial charge in [-0.15, -0.1) is 0 Å². The molecule has 0 aliphatic carbocycles. The van der Waals surface area contributed by atoms with Crippen molar-refractivity contribution in [3.05, 3.63) is 77.5 Å². The quantitative estimate of drug-likeness (QED) is 0.278. The highest BCUT2D eigenvalue weighted by molar-refractivity contribution is 5.75. The minimum absolute atomic E-state index is 0.200. The minimum atomic E-state index is -0.929. The van der Waals surface area contributed by atoms with E-state index in [9.17, 15) is 24.6 Å². The largest absolute Gasteiger partial charge is 0.504 e. The van der Waals surface area contributed by atoms with E-state index in [1.165, 1.54) is 39.1 Å². The van der Waals surface area contributed by atoms with Gasteiger partial charge in [0.2, 0.25) is 30.2 Å². The van der Waals surface area contributed by atoms with Crippen LogP contribution in [0.1, 0.15) is 49.7 Å². The number of hydrogen-bond acceptors (Lipinski definition) is 9. The van der Waals surface area contributed by atoms with Crippen LogP contribution in [-0.2, 0) is 14.4 Å². The molecule has 2 aliphatic heterocycles. The van der Waals surface area contributed by atoms with Gasteiger partial charge in [-0.25, -0.2) is 0 Å². The molecular formula is C30H29N3O9. The summed E-state index contributed by atoms with van der Waals surface area (Å²) in [5, 5.41) is 27.9. The molecule has 0 fully saturated rings. The Morgan fingerprint density at radius 1 is 0.643 bits per heavy atom. The Balaban J connectivity index is 1.47. The summed E-state index contributed by atoms with van der Waals surface area (Å²) in [5.41, 5.74) is 1.78. The van der Waals surface area contributed by atoms with Crippen LogP contribution in [0.2, 0.25) is 0 Å². The smallest absolute Gasteiger partial charge is 0.220 e. The fraction of sp³-hybridized carbons (Fsp3) is 0.233. The molecule has 4 unspecified atom stereocenters. The van der Waals surface area contributed by atoms with Crippen molar-refractivity contribution in [1.82, 2.24) is 16.0 Å². The van der Waals surface area contributed by atoms with Gasteiger partial charge in [0.15, 0.2) is 46.7 Å². The van der Waals surface area contributed by atoms with Crippen LogP contribution >= 0.6 is 0 Å². The van der Waals surface area contributed by atoms with Crippen molar-refractivity contribution in [3.63, 3.8) is 0 Å². The monoisotopic (exact) mass is 575 g/mol. The fourth-order valence-electron chi connectivity index (χ4n) is 4.57. The topological polar surface area (TPSA) is 165 Å². The van der Waals surface area contributed by atoms with E-state index in [1.54, 1.807) is 48.5 Å². The van der Waals surface area contributed by atoms with Crippen molar-refractivity contribution >= 4 is 23.8 Å². The molecule has 0 radical (unpaired) electrons. The van der Waals surface area contributed by atoms with E-state index in [2.05, 4.69) is 16.0 Å². The predicted octanol–water partition coefficient (Wildman–Crippen LogP) is 3.15. The Morgan fingerprint density at radius 3 is 1.76 bits per heavy atom. The second kappa shape index (κ2) is 11.6. The Morgan fingerprint density at radius 2 is 1.19 bits per heavy atom. The molecule has 3 aromatic rings. The molecule has 12 nitrogen and oxygen atoms in total. The summed E-state index contributed by atoms with van der Waals surface area (Å²) in [6.07, 6.45) is -0.260. The normalized spacial score (nSPS) is 20.5. The van der Waals surface area contributed by atoms with Gasteiger partial charge in [0, 0.05) is 38.1 Å². The van der Waals surface area contributed by atoms with Crippen LogP contribution in [0.5, 0.6) is 34.5 Å². The zero-order valence-corrected chi connectivity index (χ0v) is 22.9. The summed E-state index contributed by atoms with van der Waals surface area (Å²) in [6, 6.07) is 14.5. The highest BCUT2D eigenvalue weighted by Crippen LogP contribution is 2.44. The van der Waals surface area contributed by atoms with Gasteiger partial charge in [-0.3, -0.25) is 14.4 Å². The number of phenolic OH excluding ortho intramolecular Hbond substituents is 2. The number of aromatic hydroxyl groups is 2. The zero-order chi connectivity index (χ0) is 30.0. The van der Waals surface area contributed by atoms with Crippen molar-refractivity contribution in [3.8, 4) is 34.5 Å². The maximum Gasteiger partial charge on any atom is 0.220 e. The van der Waals surface area contributed by atoms with E-state index in [0.717, 1.165) is 5.56 Å². The third-order valence-corrected chi connectivity index (χ3v) is 6.41. The summed E-state index contributed by atoms with van der Waals surface area (Å²) < 4.78 is 24.8. The number of benzene rings is 3. The second-order valence-electron chi connectivity index (χ2n) is 9.75. The maximum atomic E-state index is 12.0. The van der Waals surface area contributed by atoms with Gasteiger partial charge in [0.1, 0.15) is 0 Å². The number of ether oxygens (including phenoxy) is 4. The molecule has 5 N–H and O–H groups in total. The summed E-state index contributed by atoms with van der Waals surface area (Å²) in [4.78, 5) is 35.1. The summed E-state index contributed by atoms with van der Waals surface area (Å²) in [7, 11) is 0. The molecule has 0 spiro atoms. The molecule has 12 heteroatoms. The summed E-state index contributed by atoms with van der Waals surface area (Å²) in [6.45, 7) is 4.12. The van der Waals surface area contributed by atoms with Crippen LogP contribution < -0.4 is 34.9 Å². The summed E-state index contributed by atoms with van der Waals surface area (Å²) in [5.74, 6) is -0.0372. The van der Waals surface area contributed by atoms with Gasteiger partial charge < -0.3 is 45.1 Å². The lowest BCUT2D eigenvalue weighted by Crippen LogP contribution is -2.47. The minimum Gasteiger partial charge on any atom is -0.504 e. The lowest BCUT2D eigenvalue weighted by molar-refractivity contribution is -0.125. The number of amides is 3. The van der Waals surface area contributed by atoms with E-state index in [0.29, 0.717) is 34.1 Å². The molecule has 4 atom stereocenters. The average molecular weight is 576 g/mol. The molecule has 5 rings (SSSR count). The SMILES string of the molecule is CC(=O)N/C=C/c1ccc2c(c1)OC(c1ccc3c(c1)OC(c1ccc(O)c(O)c1)C(NC(C)=O)O3)C(NC(C)=O)O2. The van der Waals surface area contributed by atoms with Crippen molar-refractivity contribution in [2.24, 2.45) is 0 Å². The van der Waals surface area contributed by atoms with Crippen LogP contribution in [0.4, 0.5) is 0 Å². The van der Waals surface area contributed by atoms with Gasteiger partial charge in [-0.05, 0) is 48.0 Å². The summed E-state index contributed by atoms with van der Waals surface area (Å²) >= 11 is 0. The van der Waals surface area contributed by atoms with Crippen molar-refractivity contribution < 1.29 is 43.5 Å². The highest BCUT2D eigenvalue weighted by Gasteiger charge is 2.38. The van der Waals surface area contributed by atoms with Gasteiger partial charge in [0.05, 0.1) is 0 Å². The first kappa shape index (κ1) is 28.1. The first-order chi connectivity index (χ1) is 20.1. The Kier molecular flexibility index (Phi) is 7.78. The molecule has 0 aromatic heterocycles. The van der Waals surface area contributed by atoms with Crippen LogP contribution in [-0.4, -0.2) is 40.4 Å². The number of hydrogen-bond donors (Lipinski definition) is 5. The molecule has 2 heterocycles. The molecule has 3 aromatic carbocycles. The van der Waals surface area contributed by atoms with E-state index in [4.69, 9.17) is 18.9 Å². The van der Waals surface area contributed by atoms with E-state index in [1.807, 2.05) is 0 Å².